The second kappa shape index (κ2) is 7.81. The number of halogens is 1. The van der Waals surface area contributed by atoms with Gasteiger partial charge in [0.2, 0.25) is 0 Å². The molecule has 4 rings (SSSR count). The number of anilines is 2. The third kappa shape index (κ3) is 4.06. The lowest BCUT2D eigenvalue weighted by Gasteiger charge is -2.31. The zero-order valence-electron chi connectivity index (χ0n) is 15.7. The molecule has 2 heterocycles. The van der Waals surface area contributed by atoms with Crippen LogP contribution < -0.4 is 20.3 Å². The highest BCUT2D eigenvalue weighted by molar-refractivity contribution is 7.90. The minimum atomic E-state index is -3.37. The molecule has 1 unspecified atom stereocenters. The first kappa shape index (κ1) is 19.4. The summed E-state index contributed by atoms with van der Waals surface area (Å²) in [7, 11) is -3.37. The monoisotopic (exact) mass is 421 g/mol. The number of sulfone groups is 1. The van der Waals surface area contributed by atoms with Gasteiger partial charge in [0.15, 0.2) is 9.84 Å². The van der Waals surface area contributed by atoms with Crippen molar-refractivity contribution in [1.29, 1.82) is 0 Å². The lowest BCUT2D eigenvalue weighted by molar-refractivity contribution is 0.274. The number of benzene rings is 2. The van der Waals surface area contributed by atoms with Crippen LogP contribution >= 0.6 is 11.6 Å². The minimum Gasteiger partial charge on any atom is -0.493 e. The second-order valence-corrected chi connectivity index (χ2v) is 9.63. The van der Waals surface area contributed by atoms with E-state index in [1.165, 1.54) is 6.26 Å². The van der Waals surface area contributed by atoms with Gasteiger partial charge in [-0.3, -0.25) is 0 Å². The van der Waals surface area contributed by atoms with E-state index in [2.05, 4.69) is 15.5 Å². The van der Waals surface area contributed by atoms with E-state index in [0.29, 0.717) is 22.2 Å². The number of piperazine rings is 1. The third-order valence-corrected chi connectivity index (χ3v) is 6.58. The Kier molecular flexibility index (Phi) is 5.40. The summed E-state index contributed by atoms with van der Waals surface area (Å²) >= 11 is 6.18. The molecular formula is C20H24ClN3O3S. The Labute approximate surface area is 170 Å². The average Bonchev–Trinajstić information content (AvgIpc) is 2.68. The highest BCUT2D eigenvalue weighted by Crippen LogP contribution is 2.38. The molecule has 8 heteroatoms. The molecule has 2 aromatic rings. The van der Waals surface area contributed by atoms with E-state index >= 15 is 0 Å². The molecule has 1 atom stereocenters. The van der Waals surface area contributed by atoms with Crippen molar-refractivity contribution in [3.05, 3.63) is 47.0 Å². The van der Waals surface area contributed by atoms with Crippen LogP contribution in [-0.2, 0) is 9.84 Å². The van der Waals surface area contributed by atoms with Gasteiger partial charge in [0.25, 0.3) is 0 Å². The van der Waals surface area contributed by atoms with E-state index < -0.39 is 9.84 Å². The molecule has 2 aliphatic heterocycles. The average molecular weight is 422 g/mol. The van der Waals surface area contributed by atoms with Crippen molar-refractivity contribution in [2.75, 3.05) is 49.3 Å². The van der Waals surface area contributed by atoms with Crippen molar-refractivity contribution in [3.8, 4) is 5.75 Å². The van der Waals surface area contributed by atoms with E-state index in [0.717, 1.165) is 49.6 Å². The van der Waals surface area contributed by atoms with Crippen molar-refractivity contribution in [2.45, 2.75) is 17.4 Å². The first-order chi connectivity index (χ1) is 13.4. The van der Waals surface area contributed by atoms with Gasteiger partial charge in [-0.15, -0.1) is 0 Å². The molecule has 6 nitrogen and oxygen atoms in total. The SMILES string of the molecule is CS(=O)(=O)c1ccc(N2CCNCC2)cc1NC1CCOc2ccc(Cl)cc21. The van der Waals surface area contributed by atoms with E-state index in [1.54, 1.807) is 12.1 Å². The zero-order valence-corrected chi connectivity index (χ0v) is 17.3. The highest BCUT2D eigenvalue weighted by Gasteiger charge is 2.25. The van der Waals surface area contributed by atoms with Gasteiger partial charge >= 0.3 is 0 Å². The highest BCUT2D eigenvalue weighted by atomic mass is 35.5. The maximum absolute atomic E-state index is 12.4. The van der Waals surface area contributed by atoms with Crippen LogP contribution in [0.4, 0.5) is 11.4 Å². The van der Waals surface area contributed by atoms with Crippen molar-refractivity contribution in [1.82, 2.24) is 5.32 Å². The Morgan fingerprint density at radius 2 is 1.96 bits per heavy atom. The Bertz CT molecular complexity index is 975. The summed E-state index contributed by atoms with van der Waals surface area (Å²) in [5.41, 5.74) is 2.59. The lowest BCUT2D eigenvalue weighted by atomic mass is 10.00. The van der Waals surface area contributed by atoms with Gasteiger partial charge in [0, 0.05) is 55.1 Å². The molecule has 0 amide bonds. The zero-order chi connectivity index (χ0) is 19.7. The fraction of sp³-hybridized carbons (Fsp3) is 0.400. The molecule has 2 N–H and O–H groups in total. The minimum absolute atomic E-state index is 0.0683. The van der Waals surface area contributed by atoms with Crippen molar-refractivity contribution in [2.24, 2.45) is 0 Å². The Morgan fingerprint density at radius 3 is 2.71 bits per heavy atom. The predicted octanol–water partition coefficient (Wildman–Crippen LogP) is 3.09. The number of nitrogens with one attached hydrogen (secondary N) is 2. The fourth-order valence-electron chi connectivity index (χ4n) is 3.78. The Hall–Kier alpha value is -1.96. The first-order valence-electron chi connectivity index (χ1n) is 9.40. The van der Waals surface area contributed by atoms with Crippen LogP contribution in [0.1, 0.15) is 18.0 Å². The summed E-state index contributed by atoms with van der Waals surface area (Å²) in [5, 5.41) is 7.43. The van der Waals surface area contributed by atoms with E-state index in [1.807, 2.05) is 24.3 Å². The first-order valence-corrected chi connectivity index (χ1v) is 11.7. The number of fused-ring (bicyclic) bond motifs is 1. The molecule has 0 aliphatic carbocycles. The summed E-state index contributed by atoms with van der Waals surface area (Å²) in [6.07, 6.45) is 1.97. The number of rotatable bonds is 4. The largest absolute Gasteiger partial charge is 0.493 e. The van der Waals surface area contributed by atoms with Crippen molar-refractivity contribution >= 4 is 32.8 Å². The molecule has 0 spiro atoms. The molecule has 0 aromatic heterocycles. The van der Waals surface area contributed by atoms with Gasteiger partial charge in [0.1, 0.15) is 5.75 Å². The predicted molar refractivity (Wildman–Crippen MR) is 113 cm³/mol. The molecule has 28 heavy (non-hydrogen) atoms. The van der Waals surface area contributed by atoms with Gasteiger partial charge in [-0.2, -0.15) is 0 Å². The van der Waals surface area contributed by atoms with Crippen LogP contribution in [0.15, 0.2) is 41.3 Å². The summed E-state index contributed by atoms with van der Waals surface area (Å²) in [6.45, 7) is 4.20. The van der Waals surface area contributed by atoms with E-state index in [9.17, 15) is 8.42 Å². The van der Waals surface area contributed by atoms with Crippen LogP contribution in [0.5, 0.6) is 5.75 Å². The van der Waals surface area contributed by atoms with Crippen LogP contribution in [0.25, 0.3) is 0 Å². The molecule has 1 saturated heterocycles. The second-order valence-electron chi connectivity index (χ2n) is 7.21. The maximum atomic E-state index is 12.4. The van der Waals surface area contributed by atoms with Gasteiger partial charge in [-0.25, -0.2) is 8.42 Å². The number of ether oxygens (including phenoxy) is 1. The molecule has 1 fully saturated rings. The summed E-state index contributed by atoms with van der Waals surface area (Å²) in [5.74, 6) is 0.785. The normalized spacial score (nSPS) is 19.6. The quantitative estimate of drug-likeness (QED) is 0.790. The van der Waals surface area contributed by atoms with Crippen LogP contribution in [0.2, 0.25) is 5.02 Å². The smallest absolute Gasteiger partial charge is 0.177 e. The summed E-state index contributed by atoms with van der Waals surface area (Å²) in [4.78, 5) is 2.57. The molecule has 0 saturated carbocycles. The van der Waals surface area contributed by atoms with Gasteiger partial charge < -0.3 is 20.3 Å². The number of hydrogen-bond donors (Lipinski definition) is 2. The Morgan fingerprint density at radius 1 is 1.18 bits per heavy atom. The van der Waals surface area contributed by atoms with Crippen molar-refractivity contribution in [3.63, 3.8) is 0 Å². The van der Waals surface area contributed by atoms with Crippen molar-refractivity contribution < 1.29 is 13.2 Å². The molecule has 2 aromatic carbocycles. The van der Waals surface area contributed by atoms with Crippen LogP contribution in [-0.4, -0.2) is 47.5 Å². The summed E-state index contributed by atoms with van der Waals surface area (Å²) in [6, 6.07) is 11.0. The fourth-order valence-corrected chi connectivity index (χ4v) is 4.79. The Balaban J connectivity index is 1.71. The third-order valence-electron chi connectivity index (χ3n) is 5.19. The molecule has 150 valence electrons. The molecule has 2 aliphatic rings. The van der Waals surface area contributed by atoms with Crippen LogP contribution in [0.3, 0.4) is 0 Å². The van der Waals surface area contributed by atoms with Crippen LogP contribution in [0, 0.1) is 0 Å². The number of nitrogens with zero attached hydrogens (tertiary/aromatic N) is 1. The standard InChI is InChI=1S/C20H24ClN3O3S/c1-28(25,26)20-5-3-15(24-9-7-22-8-10-24)13-18(20)23-17-6-11-27-19-4-2-14(21)12-16(17)19/h2-5,12-13,17,22-23H,6-11H2,1H3. The maximum Gasteiger partial charge on any atom is 0.177 e. The lowest BCUT2D eigenvalue weighted by Crippen LogP contribution is -2.43. The molecular weight excluding hydrogens is 398 g/mol. The van der Waals surface area contributed by atoms with E-state index in [4.69, 9.17) is 16.3 Å². The topological polar surface area (TPSA) is 70.7 Å². The van der Waals surface area contributed by atoms with Gasteiger partial charge in [-0.1, -0.05) is 11.6 Å². The van der Waals surface area contributed by atoms with Gasteiger partial charge in [-0.05, 0) is 36.4 Å². The molecule has 0 bridgehead atoms. The molecule has 0 radical (unpaired) electrons. The van der Waals surface area contributed by atoms with E-state index in [-0.39, 0.29) is 6.04 Å². The summed E-state index contributed by atoms with van der Waals surface area (Å²) < 4.78 is 30.5. The number of hydrogen-bond acceptors (Lipinski definition) is 6. The van der Waals surface area contributed by atoms with Gasteiger partial charge in [0.05, 0.1) is 23.2 Å².